The highest BCUT2D eigenvalue weighted by Gasteiger charge is 2.35. The number of hydrogen-bond donors (Lipinski definition) is 2. The van der Waals surface area contributed by atoms with Crippen LogP contribution in [0.1, 0.15) is 15.9 Å². The SMILES string of the molecule is N#Cc1ccc(C(=O)NCCN2CC3CN(CC(=O)O)CC(C2)O3)cc1. The van der Waals surface area contributed by atoms with Gasteiger partial charge in [-0.2, -0.15) is 5.26 Å². The van der Waals surface area contributed by atoms with Gasteiger partial charge in [-0.25, -0.2) is 0 Å². The van der Waals surface area contributed by atoms with Gasteiger partial charge in [-0.3, -0.25) is 19.4 Å². The predicted molar refractivity (Wildman–Crippen MR) is 92.7 cm³/mol. The lowest BCUT2D eigenvalue weighted by Gasteiger charge is -2.45. The number of nitrogens with zero attached hydrogens (tertiary/aromatic N) is 3. The molecular weight excluding hydrogens is 336 g/mol. The molecule has 3 rings (SSSR count). The zero-order chi connectivity index (χ0) is 18.5. The molecular formula is C18H22N4O4. The Labute approximate surface area is 151 Å². The number of morpholine rings is 2. The first-order chi connectivity index (χ1) is 12.5. The fourth-order valence-electron chi connectivity index (χ4n) is 3.49. The van der Waals surface area contributed by atoms with E-state index in [1.807, 2.05) is 11.0 Å². The number of carbonyl (C=O) groups is 2. The van der Waals surface area contributed by atoms with Crippen molar-refractivity contribution in [2.45, 2.75) is 12.2 Å². The number of nitriles is 1. The minimum Gasteiger partial charge on any atom is -0.480 e. The number of rotatable bonds is 6. The van der Waals surface area contributed by atoms with E-state index in [0.717, 1.165) is 19.6 Å². The topological polar surface area (TPSA) is 106 Å². The first-order valence-corrected chi connectivity index (χ1v) is 8.64. The summed E-state index contributed by atoms with van der Waals surface area (Å²) in [5.41, 5.74) is 1.06. The minimum absolute atomic E-state index is 0.0103. The minimum atomic E-state index is -0.813. The third-order valence-corrected chi connectivity index (χ3v) is 4.58. The van der Waals surface area contributed by atoms with E-state index >= 15 is 0 Å². The van der Waals surface area contributed by atoms with Crippen molar-refractivity contribution in [1.29, 1.82) is 5.26 Å². The monoisotopic (exact) mass is 358 g/mol. The molecule has 26 heavy (non-hydrogen) atoms. The number of ether oxygens (including phenoxy) is 1. The van der Waals surface area contributed by atoms with Crippen molar-refractivity contribution in [3.63, 3.8) is 0 Å². The number of carboxylic acid groups (broad SMARTS) is 1. The highest BCUT2D eigenvalue weighted by Crippen LogP contribution is 2.18. The Morgan fingerprint density at radius 2 is 1.77 bits per heavy atom. The maximum absolute atomic E-state index is 12.1. The summed E-state index contributed by atoms with van der Waals surface area (Å²) in [6, 6.07) is 8.56. The van der Waals surface area contributed by atoms with E-state index in [1.165, 1.54) is 0 Å². The lowest BCUT2D eigenvalue weighted by molar-refractivity contribution is -0.152. The zero-order valence-electron chi connectivity index (χ0n) is 14.4. The number of carboxylic acids is 1. The molecule has 1 amide bonds. The maximum atomic E-state index is 12.1. The highest BCUT2D eigenvalue weighted by atomic mass is 16.5. The summed E-state index contributed by atoms with van der Waals surface area (Å²) in [5.74, 6) is -0.970. The van der Waals surface area contributed by atoms with Gasteiger partial charge in [0.2, 0.25) is 0 Å². The maximum Gasteiger partial charge on any atom is 0.317 e. The average Bonchev–Trinajstić information content (AvgIpc) is 2.60. The van der Waals surface area contributed by atoms with Crippen LogP contribution in [0.3, 0.4) is 0 Å². The van der Waals surface area contributed by atoms with Crippen LogP contribution in [0.5, 0.6) is 0 Å². The largest absolute Gasteiger partial charge is 0.480 e. The Kier molecular flexibility index (Phi) is 5.83. The van der Waals surface area contributed by atoms with Gasteiger partial charge in [0, 0.05) is 44.8 Å². The molecule has 2 aliphatic rings. The second kappa shape index (κ2) is 8.27. The van der Waals surface area contributed by atoms with Gasteiger partial charge >= 0.3 is 5.97 Å². The fourth-order valence-corrected chi connectivity index (χ4v) is 3.49. The van der Waals surface area contributed by atoms with Gasteiger partial charge in [-0.15, -0.1) is 0 Å². The van der Waals surface area contributed by atoms with Gasteiger partial charge in [-0.1, -0.05) is 0 Å². The molecule has 2 aliphatic heterocycles. The van der Waals surface area contributed by atoms with Crippen LogP contribution in [0.2, 0.25) is 0 Å². The van der Waals surface area contributed by atoms with Crippen molar-refractivity contribution in [1.82, 2.24) is 15.1 Å². The molecule has 138 valence electrons. The van der Waals surface area contributed by atoms with Crippen LogP contribution >= 0.6 is 0 Å². The molecule has 2 unspecified atom stereocenters. The molecule has 8 nitrogen and oxygen atoms in total. The zero-order valence-corrected chi connectivity index (χ0v) is 14.4. The van der Waals surface area contributed by atoms with Crippen molar-refractivity contribution < 1.29 is 19.4 Å². The number of fused-ring (bicyclic) bond motifs is 2. The van der Waals surface area contributed by atoms with Crippen molar-refractivity contribution in [2.24, 2.45) is 0 Å². The van der Waals surface area contributed by atoms with Gasteiger partial charge in [0.25, 0.3) is 5.91 Å². The van der Waals surface area contributed by atoms with E-state index in [2.05, 4.69) is 10.2 Å². The predicted octanol–water partition coefficient (Wildman–Crippen LogP) is -0.242. The summed E-state index contributed by atoms with van der Waals surface area (Å²) in [6.45, 7) is 4.01. The summed E-state index contributed by atoms with van der Waals surface area (Å²) in [4.78, 5) is 27.2. The average molecular weight is 358 g/mol. The van der Waals surface area contributed by atoms with Gasteiger partial charge in [0.15, 0.2) is 0 Å². The van der Waals surface area contributed by atoms with Crippen LogP contribution in [-0.4, -0.2) is 84.8 Å². The summed E-state index contributed by atoms with van der Waals surface area (Å²) in [7, 11) is 0. The van der Waals surface area contributed by atoms with Crippen LogP contribution in [-0.2, 0) is 9.53 Å². The van der Waals surface area contributed by atoms with Crippen LogP contribution in [0.4, 0.5) is 0 Å². The number of benzene rings is 1. The second-order valence-corrected chi connectivity index (χ2v) is 6.67. The van der Waals surface area contributed by atoms with E-state index in [-0.39, 0.29) is 24.7 Å². The molecule has 1 aromatic rings. The number of aliphatic carboxylic acids is 1. The van der Waals surface area contributed by atoms with Gasteiger partial charge in [0.1, 0.15) is 0 Å². The van der Waals surface area contributed by atoms with Gasteiger partial charge in [-0.05, 0) is 24.3 Å². The summed E-state index contributed by atoms with van der Waals surface area (Å²) < 4.78 is 5.89. The molecule has 0 spiro atoms. The van der Waals surface area contributed by atoms with E-state index in [1.54, 1.807) is 24.3 Å². The number of nitrogens with one attached hydrogen (secondary N) is 1. The van der Waals surface area contributed by atoms with Gasteiger partial charge in [0.05, 0.1) is 30.4 Å². The quantitative estimate of drug-likeness (QED) is 0.723. The second-order valence-electron chi connectivity index (χ2n) is 6.67. The Morgan fingerprint density at radius 3 is 2.35 bits per heavy atom. The highest BCUT2D eigenvalue weighted by molar-refractivity contribution is 5.94. The smallest absolute Gasteiger partial charge is 0.317 e. The molecule has 2 heterocycles. The van der Waals surface area contributed by atoms with Crippen LogP contribution in [0, 0.1) is 11.3 Å². The Balaban J connectivity index is 1.42. The molecule has 0 aromatic heterocycles. The Hall–Kier alpha value is -2.47. The number of carbonyl (C=O) groups excluding carboxylic acids is 1. The molecule has 2 saturated heterocycles. The van der Waals surface area contributed by atoms with Crippen LogP contribution < -0.4 is 5.32 Å². The number of hydrogen-bond acceptors (Lipinski definition) is 6. The third-order valence-electron chi connectivity index (χ3n) is 4.58. The molecule has 1 aromatic carbocycles. The molecule has 0 saturated carbocycles. The van der Waals surface area contributed by atoms with Crippen LogP contribution in [0.15, 0.2) is 24.3 Å². The van der Waals surface area contributed by atoms with Crippen LogP contribution in [0.25, 0.3) is 0 Å². The standard InChI is InChI=1S/C18H22N4O4/c19-7-13-1-3-14(4-2-13)18(25)20-5-6-21-8-15-10-22(12-17(23)24)11-16(9-21)26-15/h1-4,15-16H,5-6,8-12H2,(H,20,25)(H,23,24). The van der Waals surface area contributed by atoms with Crippen molar-refractivity contribution >= 4 is 11.9 Å². The molecule has 0 aliphatic carbocycles. The van der Waals surface area contributed by atoms with E-state index in [9.17, 15) is 9.59 Å². The molecule has 2 bridgehead atoms. The van der Waals surface area contributed by atoms with Crippen molar-refractivity contribution in [2.75, 3.05) is 45.8 Å². The lowest BCUT2D eigenvalue weighted by atomic mass is 10.1. The third kappa shape index (κ3) is 4.79. The van der Waals surface area contributed by atoms with E-state index < -0.39 is 5.97 Å². The molecule has 2 atom stereocenters. The summed E-state index contributed by atoms with van der Waals surface area (Å²) >= 11 is 0. The first-order valence-electron chi connectivity index (χ1n) is 8.64. The lowest BCUT2D eigenvalue weighted by Crippen LogP contribution is -2.60. The molecule has 2 fully saturated rings. The number of amides is 1. The van der Waals surface area contributed by atoms with E-state index in [0.29, 0.717) is 30.8 Å². The van der Waals surface area contributed by atoms with Crippen molar-refractivity contribution in [3.8, 4) is 6.07 Å². The summed E-state index contributed by atoms with van der Waals surface area (Å²) in [6.07, 6.45) is 0.0205. The fraction of sp³-hybridized carbons (Fsp3) is 0.500. The summed E-state index contributed by atoms with van der Waals surface area (Å²) in [5, 5.41) is 20.6. The van der Waals surface area contributed by atoms with Crippen molar-refractivity contribution in [3.05, 3.63) is 35.4 Å². The Bertz CT molecular complexity index is 686. The Morgan fingerprint density at radius 1 is 1.15 bits per heavy atom. The van der Waals surface area contributed by atoms with Gasteiger partial charge < -0.3 is 15.2 Å². The molecule has 8 heteroatoms. The van der Waals surface area contributed by atoms with E-state index in [4.69, 9.17) is 15.1 Å². The normalized spacial score (nSPS) is 23.2. The first kappa shape index (κ1) is 18.3. The molecule has 0 radical (unpaired) electrons. The molecule has 2 N–H and O–H groups in total.